The first kappa shape index (κ1) is 11.0. The number of allylic oxidation sites excluding steroid dienone is 1. The van der Waals surface area contributed by atoms with E-state index >= 15 is 0 Å². The van der Waals surface area contributed by atoms with Crippen LogP contribution in [0.4, 0.5) is 0 Å². The molecule has 0 fully saturated rings. The fourth-order valence-electron chi connectivity index (χ4n) is 4.56. The average molecular weight is 278 g/mol. The lowest BCUT2D eigenvalue weighted by Gasteiger charge is -2.24. The number of hydrogen-bond acceptors (Lipinski definition) is 0. The number of rotatable bonds is 0. The zero-order valence-corrected chi connectivity index (χ0v) is 12.2. The minimum Gasteiger partial charge on any atom is -0.0795 e. The Morgan fingerprint density at radius 1 is 0.636 bits per heavy atom. The molecule has 2 aliphatic carbocycles. The fraction of sp³-hybridized carbons (Fsp3) is 0.0909. The van der Waals surface area contributed by atoms with Gasteiger partial charge in [0.05, 0.1) is 0 Å². The standard InChI is InChI=1S/C22H14/c1-4-13-10-15-6-2-8-17-12-18-9-3-7-16-11-14(5-1)19(13)22(20(15)17)21(16)18/h1-8,11-12H,9-10H2. The van der Waals surface area contributed by atoms with Crippen molar-refractivity contribution in [3.8, 4) is 0 Å². The molecule has 0 amide bonds. The van der Waals surface area contributed by atoms with E-state index in [2.05, 4.69) is 60.7 Å². The molecule has 4 aromatic carbocycles. The number of hydrogen-bond donors (Lipinski definition) is 0. The SMILES string of the molecule is C1=Cc2cc3cccc4c3c3c2c(cc2cccc(c23)C4)C1. The van der Waals surface area contributed by atoms with Gasteiger partial charge in [-0.25, -0.2) is 0 Å². The Kier molecular flexibility index (Phi) is 1.80. The average Bonchev–Trinajstić information content (AvgIpc) is 2.55. The van der Waals surface area contributed by atoms with E-state index in [9.17, 15) is 0 Å². The summed E-state index contributed by atoms with van der Waals surface area (Å²) in [6.07, 6.45) is 6.72. The molecule has 0 atom stereocenters. The second-order valence-corrected chi connectivity index (χ2v) is 6.57. The molecule has 0 bridgehead atoms. The molecule has 4 aromatic rings. The van der Waals surface area contributed by atoms with Gasteiger partial charge in [0.15, 0.2) is 0 Å². The molecule has 0 saturated heterocycles. The third-order valence-electron chi connectivity index (χ3n) is 5.38. The quantitative estimate of drug-likeness (QED) is 0.322. The molecule has 2 aliphatic rings. The van der Waals surface area contributed by atoms with Gasteiger partial charge in [0.1, 0.15) is 0 Å². The summed E-state index contributed by atoms with van der Waals surface area (Å²) >= 11 is 0. The lowest BCUT2D eigenvalue weighted by atomic mass is 9.80. The maximum absolute atomic E-state index is 2.41. The Bertz CT molecular complexity index is 1140. The molecule has 0 N–H and O–H groups in total. The Labute approximate surface area is 128 Å². The molecule has 0 aromatic heterocycles. The van der Waals surface area contributed by atoms with Gasteiger partial charge in [-0.05, 0) is 73.5 Å². The summed E-state index contributed by atoms with van der Waals surface area (Å²) in [5.74, 6) is 0. The van der Waals surface area contributed by atoms with Gasteiger partial charge >= 0.3 is 0 Å². The van der Waals surface area contributed by atoms with Crippen LogP contribution in [-0.2, 0) is 12.8 Å². The van der Waals surface area contributed by atoms with Gasteiger partial charge in [-0.1, -0.05) is 54.6 Å². The van der Waals surface area contributed by atoms with E-state index in [1.807, 2.05) is 0 Å². The first-order chi connectivity index (χ1) is 10.9. The molecule has 22 heavy (non-hydrogen) atoms. The smallest absolute Gasteiger partial charge is 0.00121 e. The lowest BCUT2D eigenvalue weighted by Crippen LogP contribution is -2.03. The summed E-state index contributed by atoms with van der Waals surface area (Å²) in [5.41, 5.74) is 5.83. The summed E-state index contributed by atoms with van der Waals surface area (Å²) in [5, 5.41) is 8.76. The van der Waals surface area contributed by atoms with Gasteiger partial charge in [0, 0.05) is 0 Å². The second kappa shape index (κ2) is 3.59. The Morgan fingerprint density at radius 2 is 1.36 bits per heavy atom. The monoisotopic (exact) mass is 278 g/mol. The topological polar surface area (TPSA) is 0 Å². The molecule has 0 saturated carbocycles. The van der Waals surface area contributed by atoms with Crippen molar-refractivity contribution in [2.45, 2.75) is 12.8 Å². The van der Waals surface area contributed by atoms with Gasteiger partial charge in [0.2, 0.25) is 0 Å². The maximum Gasteiger partial charge on any atom is -0.00121 e. The summed E-state index contributed by atoms with van der Waals surface area (Å²) in [7, 11) is 0. The van der Waals surface area contributed by atoms with Crippen LogP contribution in [0.25, 0.3) is 38.4 Å². The van der Waals surface area contributed by atoms with Gasteiger partial charge in [0.25, 0.3) is 0 Å². The lowest BCUT2D eigenvalue weighted by molar-refractivity contribution is 1.23. The predicted octanol–water partition coefficient (Wildman–Crippen LogP) is 5.62. The molecular weight excluding hydrogens is 264 g/mol. The first-order valence-corrected chi connectivity index (χ1v) is 7.98. The van der Waals surface area contributed by atoms with Crippen LogP contribution in [-0.4, -0.2) is 0 Å². The van der Waals surface area contributed by atoms with E-state index < -0.39 is 0 Å². The van der Waals surface area contributed by atoms with Crippen molar-refractivity contribution in [1.82, 2.24) is 0 Å². The Morgan fingerprint density at radius 3 is 2.14 bits per heavy atom. The summed E-state index contributed by atoms with van der Waals surface area (Å²) in [4.78, 5) is 0. The molecule has 0 nitrogen and oxygen atoms in total. The highest BCUT2D eigenvalue weighted by Crippen LogP contribution is 2.44. The Balaban J connectivity index is 2.09. The van der Waals surface area contributed by atoms with Gasteiger partial charge in [-0.15, -0.1) is 0 Å². The van der Waals surface area contributed by atoms with Crippen LogP contribution < -0.4 is 0 Å². The van der Waals surface area contributed by atoms with Crippen molar-refractivity contribution < 1.29 is 0 Å². The van der Waals surface area contributed by atoms with Crippen LogP contribution in [0.5, 0.6) is 0 Å². The molecule has 0 radical (unpaired) electrons. The van der Waals surface area contributed by atoms with Crippen molar-refractivity contribution in [3.05, 3.63) is 76.9 Å². The minimum absolute atomic E-state index is 1.05. The van der Waals surface area contributed by atoms with Crippen molar-refractivity contribution in [3.63, 3.8) is 0 Å². The van der Waals surface area contributed by atoms with E-state index in [1.165, 1.54) is 54.6 Å². The zero-order valence-electron chi connectivity index (χ0n) is 12.2. The highest BCUT2D eigenvalue weighted by molar-refractivity contribution is 6.26. The molecule has 0 aliphatic heterocycles. The molecule has 102 valence electrons. The fourth-order valence-corrected chi connectivity index (χ4v) is 4.56. The van der Waals surface area contributed by atoms with Crippen molar-refractivity contribution in [1.29, 1.82) is 0 Å². The van der Waals surface area contributed by atoms with Crippen LogP contribution in [0.3, 0.4) is 0 Å². The van der Waals surface area contributed by atoms with Crippen LogP contribution >= 0.6 is 0 Å². The third kappa shape index (κ3) is 1.16. The first-order valence-electron chi connectivity index (χ1n) is 7.98. The highest BCUT2D eigenvalue weighted by Gasteiger charge is 2.21. The second-order valence-electron chi connectivity index (χ2n) is 6.57. The van der Waals surface area contributed by atoms with E-state index in [4.69, 9.17) is 0 Å². The summed E-state index contributed by atoms with van der Waals surface area (Å²) in [6, 6.07) is 18.4. The van der Waals surface area contributed by atoms with Gasteiger partial charge < -0.3 is 0 Å². The third-order valence-corrected chi connectivity index (χ3v) is 5.38. The normalized spacial score (nSPS) is 14.7. The van der Waals surface area contributed by atoms with Crippen LogP contribution in [0, 0.1) is 0 Å². The molecule has 6 rings (SSSR count). The maximum atomic E-state index is 2.41. The summed E-state index contributed by atoms with van der Waals surface area (Å²) < 4.78 is 0. The van der Waals surface area contributed by atoms with E-state index in [0.29, 0.717) is 0 Å². The zero-order chi connectivity index (χ0) is 14.3. The van der Waals surface area contributed by atoms with Gasteiger partial charge in [-0.3, -0.25) is 0 Å². The van der Waals surface area contributed by atoms with Crippen molar-refractivity contribution in [2.24, 2.45) is 0 Å². The van der Waals surface area contributed by atoms with E-state index in [1.54, 1.807) is 0 Å². The van der Waals surface area contributed by atoms with Crippen molar-refractivity contribution in [2.75, 3.05) is 0 Å². The van der Waals surface area contributed by atoms with Crippen LogP contribution in [0.2, 0.25) is 0 Å². The van der Waals surface area contributed by atoms with Gasteiger partial charge in [-0.2, -0.15) is 0 Å². The highest BCUT2D eigenvalue weighted by atomic mass is 14.2. The summed E-state index contributed by atoms with van der Waals surface area (Å²) in [6.45, 7) is 0. The predicted molar refractivity (Wildman–Crippen MR) is 94.5 cm³/mol. The number of benzene rings is 4. The van der Waals surface area contributed by atoms with Crippen LogP contribution in [0.15, 0.2) is 54.6 Å². The minimum atomic E-state index is 1.05. The van der Waals surface area contributed by atoms with Crippen LogP contribution in [0.1, 0.15) is 22.3 Å². The molecule has 0 heterocycles. The molecule has 0 unspecified atom stereocenters. The van der Waals surface area contributed by atoms with Crippen molar-refractivity contribution >= 4 is 38.4 Å². The van der Waals surface area contributed by atoms with E-state index in [0.717, 1.165) is 12.8 Å². The molecule has 0 heteroatoms. The van der Waals surface area contributed by atoms with E-state index in [-0.39, 0.29) is 0 Å². The molecular formula is C22H14. The molecule has 0 spiro atoms. The Hall–Kier alpha value is -2.60. The largest absolute Gasteiger partial charge is 0.0795 e.